The van der Waals surface area contributed by atoms with Gasteiger partial charge in [-0.2, -0.15) is 0 Å². The minimum atomic E-state index is -0.361. The molecule has 2 aliphatic heterocycles. The van der Waals surface area contributed by atoms with Gasteiger partial charge in [-0.05, 0) is 48.0 Å². The Hall–Kier alpha value is -2.70. The topological polar surface area (TPSA) is 70.7 Å². The first kappa shape index (κ1) is 18.7. The molecular formula is C22H25N3O3. The van der Waals surface area contributed by atoms with Crippen LogP contribution in [0.15, 0.2) is 42.5 Å². The molecule has 2 aromatic rings. The van der Waals surface area contributed by atoms with Crippen LogP contribution in [0.4, 0.5) is 5.69 Å². The predicted octanol–water partition coefficient (Wildman–Crippen LogP) is 3.02. The maximum atomic E-state index is 12.5. The van der Waals surface area contributed by atoms with Crippen LogP contribution in [0.2, 0.25) is 0 Å². The minimum Gasteiger partial charge on any atom is -0.368 e. The van der Waals surface area contributed by atoms with E-state index >= 15 is 0 Å². The summed E-state index contributed by atoms with van der Waals surface area (Å²) in [5.41, 5.74) is 4.38. The molecule has 146 valence electrons. The van der Waals surface area contributed by atoms with Gasteiger partial charge in [0.2, 0.25) is 5.91 Å². The lowest BCUT2D eigenvalue weighted by Crippen LogP contribution is -2.37. The highest BCUT2D eigenvalue weighted by Crippen LogP contribution is 2.46. The number of para-hydroxylation sites is 1. The lowest BCUT2D eigenvalue weighted by molar-refractivity contribution is -0.120. The van der Waals surface area contributed by atoms with Gasteiger partial charge in [-0.15, -0.1) is 0 Å². The molecule has 6 nitrogen and oxygen atoms in total. The van der Waals surface area contributed by atoms with Gasteiger partial charge in [0.25, 0.3) is 5.91 Å². The van der Waals surface area contributed by atoms with E-state index in [1.807, 2.05) is 42.5 Å². The first-order chi connectivity index (χ1) is 13.6. The van der Waals surface area contributed by atoms with Crippen LogP contribution in [0.5, 0.6) is 0 Å². The molecule has 0 saturated carbocycles. The van der Waals surface area contributed by atoms with Crippen molar-refractivity contribution in [3.8, 4) is 0 Å². The van der Waals surface area contributed by atoms with Gasteiger partial charge >= 0.3 is 0 Å². The van der Waals surface area contributed by atoms with E-state index in [1.165, 1.54) is 0 Å². The van der Waals surface area contributed by atoms with Crippen molar-refractivity contribution in [1.29, 1.82) is 0 Å². The molecule has 4 rings (SSSR count). The average Bonchev–Trinajstić information content (AvgIpc) is 3.27. The van der Waals surface area contributed by atoms with Crippen LogP contribution in [-0.2, 0) is 16.1 Å². The SMILES string of the molecule is CCN(CC)CNC(=O)c1ccc2c(c1)COC2C1C(=O)Nc2ccccc21. The van der Waals surface area contributed by atoms with E-state index in [1.54, 1.807) is 0 Å². The summed E-state index contributed by atoms with van der Waals surface area (Å²) in [6, 6.07) is 13.3. The molecule has 0 saturated heterocycles. The third-order valence-corrected chi connectivity index (χ3v) is 5.63. The van der Waals surface area contributed by atoms with Gasteiger partial charge in [-0.25, -0.2) is 0 Å². The fourth-order valence-corrected chi connectivity index (χ4v) is 3.96. The molecule has 2 amide bonds. The van der Waals surface area contributed by atoms with Crippen LogP contribution < -0.4 is 10.6 Å². The van der Waals surface area contributed by atoms with Crippen molar-refractivity contribution in [3.05, 3.63) is 64.7 Å². The Morgan fingerprint density at radius 1 is 1.18 bits per heavy atom. The number of carbonyl (C=O) groups is 2. The van der Waals surface area contributed by atoms with Crippen molar-refractivity contribution in [2.45, 2.75) is 32.5 Å². The Labute approximate surface area is 164 Å². The lowest BCUT2D eigenvalue weighted by Gasteiger charge is -2.19. The monoisotopic (exact) mass is 379 g/mol. The Morgan fingerprint density at radius 2 is 1.96 bits per heavy atom. The van der Waals surface area contributed by atoms with Gasteiger partial charge < -0.3 is 15.4 Å². The number of nitrogens with one attached hydrogen (secondary N) is 2. The Kier molecular flexibility index (Phi) is 5.15. The third kappa shape index (κ3) is 3.30. The molecule has 0 aromatic heterocycles. The van der Waals surface area contributed by atoms with Crippen LogP contribution in [0.3, 0.4) is 0 Å². The van der Waals surface area contributed by atoms with Crippen molar-refractivity contribution < 1.29 is 14.3 Å². The number of ether oxygens (including phenoxy) is 1. The van der Waals surface area contributed by atoms with E-state index in [9.17, 15) is 9.59 Å². The summed E-state index contributed by atoms with van der Waals surface area (Å²) in [7, 11) is 0. The van der Waals surface area contributed by atoms with E-state index in [0.717, 1.165) is 35.5 Å². The van der Waals surface area contributed by atoms with Gasteiger partial charge in [0, 0.05) is 11.3 Å². The molecule has 0 bridgehead atoms. The normalized spacial score (nSPS) is 20.0. The van der Waals surface area contributed by atoms with Crippen molar-refractivity contribution in [2.24, 2.45) is 0 Å². The summed E-state index contributed by atoms with van der Waals surface area (Å²) in [6.45, 7) is 6.85. The van der Waals surface area contributed by atoms with E-state index < -0.39 is 0 Å². The largest absolute Gasteiger partial charge is 0.368 e. The van der Waals surface area contributed by atoms with Crippen molar-refractivity contribution >= 4 is 17.5 Å². The second-order valence-electron chi connectivity index (χ2n) is 7.17. The van der Waals surface area contributed by atoms with Crippen molar-refractivity contribution in [1.82, 2.24) is 10.2 Å². The number of rotatable bonds is 6. The zero-order valence-corrected chi connectivity index (χ0v) is 16.2. The zero-order valence-electron chi connectivity index (χ0n) is 16.2. The number of hydrogen-bond acceptors (Lipinski definition) is 4. The summed E-state index contributed by atoms with van der Waals surface area (Å²) in [5.74, 6) is -0.498. The molecule has 28 heavy (non-hydrogen) atoms. The number of carbonyl (C=O) groups excluding carboxylic acids is 2. The zero-order chi connectivity index (χ0) is 19.7. The number of benzene rings is 2. The van der Waals surface area contributed by atoms with E-state index in [-0.39, 0.29) is 23.8 Å². The smallest absolute Gasteiger partial charge is 0.252 e. The Bertz CT molecular complexity index is 908. The number of nitrogens with zero attached hydrogens (tertiary/aromatic N) is 1. The van der Waals surface area contributed by atoms with Crippen LogP contribution in [0.25, 0.3) is 0 Å². The van der Waals surface area contributed by atoms with E-state index in [2.05, 4.69) is 29.4 Å². The molecule has 2 aromatic carbocycles. The summed E-state index contributed by atoms with van der Waals surface area (Å²) in [5, 5.41) is 5.90. The highest BCUT2D eigenvalue weighted by Gasteiger charge is 2.41. The van der Waals surface area contributed by atoms with Crippen LogP contribution in [-0.4, -0.2) is 36.5 Å². The van der Waals surface area contributed by atoms with Gasteiger partial charge in [0.15, 0.2) is 0 Å². The molecule has 2 N–H and O–H groups in total. The standard InChI is InChI=1S/C22H25N3O3/c1-3-25(4-2)13-23-21(26)14-9-10-16-15(11-14)12-28-20(16)19-17-7-5-6-8-18(17)24-22(19)27/h5-11,19-20H,3-4,12-13H2,1-2H3,(H,23,26)(H,24,27). The number of hydrogen-bond donors (Lipinski definition) is 2. The number of amides is 2. The Balaban J connectivity index is 1.53. The highest BCUT2D eigenvalue weighted by molar-refractivity contribution is 6.03. The van der Waals surface area contributed by atoms with Crippen LogP contribution >= 0.6 is 0 Å². The molecule has 0 aliphatic carbocycles. The summed E-state index contributed by atoms with van der Waals surface area (Å²) >= 11 is 0. The quantitative estimate of drug-likeness (QED) is 0.757. The molecule has 2 atom stereocenters. The van der Waals surface area contributed by atoms with Crippen LogP contribution in [0, 0.1) is 0 Å². The lowest BCUT2D eigenvalue weighted by atomic mass is 9.89. The van der Waals surface area contributed by atoms with Gasteiger partial charge in [-0.3, -0.25) is 14.5 Å². The molecule has 0 spiro atoms. The fourth-order valence-electron chi connectivity index (χ4n) is 3.96. The molecule has 6 heteroatoms. The molecule has 2 unspecified atom stereocenters. The third-order valence-electron chi connectivity index (χ3n) is 5.63. The highest BCUT2D eigenvalue weighted by atomic mass is 16.5. The maximum absolute atomic E-state index is 12.5. The van der Waals surface area contributed by atoms with Crippen molar-refractivity contribution in [2.75, 3.05) is 25.1 Å². The van der Waals surface area contributed by atoms with Gasteiger partial charge in [0.05, 0.1) is 25.3 Å². The van der Waals surface area contributed by atoms with Crippen molar-refractivity contribution in [3.63, 3.8) is 0 Å². The first-order valence-electron chi connectivity index (χ1n) is 9.77. The number of anilines is 1. The fraction of sp³-hybridized carbons (Fsp3) is 0.364. The molecule has 2 aliphatic rings. The maximum Gasteiger partial charge on any atom is 0.252 e. The molecular weight excluding hydrogens is 354 g/mol. The van der Waals surface area contributed by atoms with Gasteiger partial charge in [-0.1, -0.05) is 38.1 Å². The van der Waals surface area contributed by atoms with E-state index in [4.69, 9.17) is 4.74 Å². The van der Waals surface area contributed by atoms with Crippen LogP contribution in [0.1, 0.15) is 52.9 Å². The summed E-state index contributed by atoms with van der Waals surface area (Å²) in [6.07, 6.45) is -0.327. The van der Waals surface area contributed by atoms with Gasteiger partial charge in [0.1, 0.15) is 0 Å². The second kappa shape index (κ2) is 7.73. The molecule has 2 heterocycles. The predicted molar refractivity (Wildman–Crippen MR) is 107 cm³/mol. The summed E-state index contributed by atoms with van der Waals surface area (Å²) < 4.78 is 6.00. The molecule has 0 fully saturated rings. The second-order valence-corrected chi connectivity index (χ2v) is 7.17. The number of fused-ring (bicyclic) bond motifs is 2. The average molecular weight is 379 g/mol. The Morgan fingerprint density at radius 3 is 2.75 bits per heavy atom. The minimum absolute atomic E-state index is 0.0416. The van der Waals surface area contributed by atoms with E-state index in [0.29, 0.717) is 18.8 Å². The first-order valence-corrected chi connectivity index (χ1v) is 9.77. The summed E-state index contributed by atoms with van der Waals surface area (Å²) in [4.78, 5) is 27.2. The molecule has 0 radical (unpaired) electrons.